The van der Waals surface area contributed by atoms with Gasteiger partial charge in [-0.1, -0.05) is 22.6 Å². The molecule has 3 aliphatic rings. The molecule has 0 aromatic rings. The molecule has 0 unspecified atom stereocenters. The van der Waals surface area contributed by atoms with Crippen molar-refractivity contribution in [2.75, 3.05) is 0 Å². The molecule has 0 aromatic heterocycles. The lowest BCUT2D eigenvalue weighted by molar-refractivity contribution is -0.166. The third-order valence-electron chi connectivity index (χ3n) is 2.31. The van der Waals surface area contributed by atoms with Crippen LogP contribution in [0.2, 0.25) is 0 Å². The van der Waals surface area contributed by atoms with Crippen LogP contribution in [0.1, 0.15) is 19.3 Å². The highest BCUT2D eigenvalue weighted by Gasteiger charge is 2.41. The lowest BCUT2D eigenvalue weighted by Crippen LogP contribution is -2.44. The summed E-state index contributed by atoms with van der Waals surface area (Å²) in [4.78, 5) is 11.0. The Kier molecular flexibility index (Phi) is 1.62. The average Bonchev–Trinajstić information content (AvgIpc) is 1.91. The van der Waals surface area contributed by atoms with Crippen molar-refractivity contribution in [2.45, 2.75) is 29.3 Å². The number of carbonyl (C=O) groups is 1. The largest absolute Gasteiger partial charge is 0.461 e. The van der Waals surface area contributed by atoms with E-state index in [1.807, 2.05) is 0 Å². The van der Waals surface area contributed by atoms with Crippen molar-refractivity contribution in [3.63, 3.8) is 0 Å². The predicted octanol–water partition coefficient (Wildman–Crippen LogP) is 1.52. The highest BCUT2D eigenvalue weighted by Crippen LogP contribution is 2.37. The number of hydrogen-bond acceptors (Lipinski definition) is 2. The highest BCUT2D eigenvalue weighted by molar-refractivity contribution is 14.1. The predicted molar refractivity (Wildman–Crippen MR) is 45.0 cm³/mol. The van der Waals surface area contributed by atoms with Gasteiger partial charge < -0.3 is 4.74 Å². The van der Waals surface area contributed by atoms with Crippen LogP contribution in [0.4, 0.5) is 0 Å². The second kappa shape index (κ2) is 2.36. The van der Waals surface area contributed by atoms with Crippen molar-refractivity contribution in [3.8, 4) is 0 Å². The first kappa shape index (κ1) is 6.88. The van der Waals surface area contributed by atoms with E-state index in [0.29, 0.717) is 3.92 Å². The summed E-state index contributed by atoms with van der Waals surface area (Å²) < 4.78 is 5.73. The van der Waals surface area contributed by atoms with E-state index >= 15 is 0 Å². The van der Waals surface area contributed by atoms with Gasteiger partial charge in [0.25, 0.3) is 0 Å². The zero-order chi connectivity index (χ0) is 7.14. The Bertz CT molecular complexity index is 169. The first-order valence-corrected chi connectivity index (χ1v) is 4.86. The van der Waals surface area contributed by atoms with Gasteiger partial charge in [0, 0.05) is 3.92 Å². The van der Waals surface area contributed by atoms with E-state index < -0.39 is 0 Å². The Morgan fingerprint density at radius 2 is 2.30 bits per heavy atom. The number of esters is 1. The molecule has 3 rings (SSSR count). The molecule has 0 spiro atoms. The lowest BCUT2D eigenvalue weighted by atomic mass is 9.84. The number of alkyl halides is 1. The Morgan fingerprint density at radius 1 is 1.50 bits per heavy atom. The number of hydrogen-bond donors (Lipinski definition) is 0. The van der Waals surface area contributed by atoms with E-state index in [0.717, 1.165) is 19.3 Å². The first-order valence-electron chi connectivity index (χ1n) is 3.62. The number of rotatable bonds is 0. The molecule has 3 atom stereocenters. The summed E-state index contributed by atoms with van der Waals surface area (Å²) in [7, 11) is 0. The normalized spacial score (nSPS) is 45.3. The standard InChI is InChI=1S/C7H9IO2/c8-5-3-4-1-2-6(5)10-7(4)9/h4-6H,1-3H2/t4-,5+,6+/m0/s1. The SMILES string of the molecule is O=C1O[C@@H]2CC[C@H]1C[C@H]2I. The second-order valence-electron chi connectivity index (χ2n) is 3.00. The monoisotopic (exact) mass is 252 g/mol. The fraction of sp³-hybridized carbons (Fsp3) is 0.857. The van der Waals surface area contributed by atoms with Crippen LogP contribution >= 0.6 is 22.6 Å². The molecular formula is C7H9IO2. The smallest absolute Gasteiger partial charge is 0.309 e. The summed E-state index contributed by atoms with van der Waals surface area (Å²) in [6.07, 6.45) is 3.43. The van der Waals surface area contributed by atoms with Crippen LogP contribution in [0.5, 0.6) is 0 Å². The zero-order valence-corrected chi connectivity index (χ0v) is 7.71. The van der Waals surface area contributed by atoms with Gasteiger partial charge in [-0.2, -0.15) is 0 Å². The minimum Gasteiger partial charge on any atom is -0.461 e. The summed E-state index contributed by atoms with van der Waals surface area (Å²) in [6.45, 7) is 0. The van der Waals surface area contributed by atoms with Crippen LogP contribution in [0.3, 0.4) is 0 Å². The van der Waals surface area contributed by atoms with Gasteiger partial charge in [-0.25, -0.2) is 0 Å². The molecular weight excluding hydrogens is 243 g/mol. The molecule has 3 fully saturated rings. The summed E-state index contributed by atoms with van der Waals surface area (Å²) in [5.41, 5.74) is 0. The Labute approximate surface area is 73.5 Å². The number of carbonyl (C=O) groups excluding carboxylic acids is 1. The van der Waals surface area contributed by atoms with E-state index in [1.54, 1.807) is 0 Å². The zero-order valence-electron chi connectivity index (χ0n) is 5.55. The van der Waals surface area contributed by atoms with Crippen LogP contribution in [-0.2, 0) is 9.53 Å². The van der Waals surface area contributed by atoms with Gasteiger partial charge in [0.05, 0.1) is 5.92 Å². The van der Waals surface area contributed by atoms with Crippen LogP contribution < -0.4 is 0 Å². The van der Waals surface area contributed by atoms with Gasteiger partial charge in [0.1, 0.15) is 6.10 Å². The molecule has 3 heteroatoms. The molecule has 0 N–H and O–H groups in total. The maximum atomic E-state index is 11.0. The molecule has 10 heavy (non-hydrogen) atoms. The van der Waals surface area contributed by atoms with Gasteiger partial charge in [0.2, 0.25) is 0 Å². The maximum Gasteiger partial charge on any atom is 0.309 e. The highest BCUT2D eigenvalue weighted by atomic mass is 127. The summed E-state index contributed by atoms with van der Waals surface area (Å²) >= 11 is 2.38. The van der Waals surface area contributed by atoms with Crippen molar-refractivity contribution in [2.24, 2.45) is 5.92 Å². The first-order chi connectivity index (χ1) is 4.77. The van der Waals surface area contributed by atoms with E-state index in [2.05, 4.69) is 22.6 Å². The van der Waals surface area contributed by atoms with Gasteiger partial charge in [-0.05, 0) is 19.3 Å². The van der Waals surface area contributed by atoms with Crippen molar-refractivity contribution in [1.29, 1.82) is 0 Å². The van der Waals surface area contributed by atoms with E-state index in [-0.39, 0.29) is 18.0 Å². The third-order valence-corrected chi connectivity index (χ3v) is 3.62. The van der Waals surface area contributed by atoms with E-state index in [9.17, 15) is 4.79 Å². The molecule has 2 nitrogen and oxygen atoms in total. The Balaban J connectivity index is 2.16. The molecule has 0 amide bonds. The van der Waals surface area contributed by atoms with Gasteiger partial charge in [-0.15, -0.1) is 0 Å². The van der Waals surface area contributed by atoms with Crippen molar-refractivity contribution < 1.29 is 9.53 Å². The quantitative estimate of drug-likeness (QED) is 0.371. The molecule has 0 radical (unpaired) electrons. The molecule has 1 saturated carbocycles. The van der Waals surface area contributed by atoms with Crippen molar-refractivity contribution in [1.82, 2.24) is 0 Å². The van der Waals surface area contributed by atoms with Gasteiger partial charge >= 0.3 is 5.97 Å². The van der Waals surface area contributed by atoms with Gasteiger partial charge in [-0.3, -0.25) is 4.79 Å². The van der Waals surface area contributed by atoms with Gasteiger partial charge in [0.15, 0.2) is 0 Å². The Morgan fingerprint density at radius 3 is 2.60 bits per heavy atom. The summed E-state index contributed by atoms with van der Waals surface area (Å²) in [5.74, 6) is 0.274. The van der Waals surface area contributed by atoms with Crippen LogP contribution in [0, 0.1) is 5.92 Å². The molecule has 2 heterocycles. The van der Waals surface area contributed by atoms with Crippen molar-refractivity contribution >= 4 is 28.6 Å². The molecule has 2 saturated heterocycles. The fourth-order valence-corrected chi connectivity index (χ4v) is 2.80. The average molecular weight is 252 g/mol. The van der Waals surface area contributed by atoms with E-state index in [4.69, 9.17) is 4.74 Å². The number of fused-ring (bicyclic) bond motifs is 3. The van der Waals surface area contributed by atoms with Crippen LogP contribution in [-0.4, -0.2) is 16.0 Å². The minimum absolute atomic E-state index is 0.0455. The number of ether oxygens (including phenoxy) is 1. The second-order valence-corrected chi connectivity index (χ2v) is 4.60. The molecule has 0 aromatic carbocycles. The van der Waals surface area contributed by atoms with E-state index in [1.165, 1.54) is 0 Å². The Hall–Kier alpha value is 0.200. The third kappa shape index (κ3) is 0.946. The molecule has 56 valence electrons. The van der Waals surface area contributed by atoms with Crippen LogP contribution in [0.15, 0.2) is 0 Å². The summed E-state index contributed by atoms with van der Waals surface area (Å²) in [5, 5.41) is 0. The summed E-state index contributed by atoms with van der Waals surface area (Å²) in [6, 6.07) is 0. The fourth-order valence-electron chi connectivity index (χ4n) is 1.68. The molecule has 1 aliphatic carbocycles. The molecule has 2 bridgehead atoms. The van der Waals surface area contributed by atoms with Crippen LogP contribution in [0.25, 0.3) is 0 Å². The lowest BCUT2D eigenvalue weighted by Gasteiger charge is -2.38. The molecule has 2 aliphatic heterocycles. The number of halogens is 1. The maximum absolute atomic E-state index is 11.0. The minimum atomic E-state index is 0.0455. The topological polar surface area (TPSA) is 26.3 Å². The van der Waals surface area contributed by atoms with Crippen molar-refractivity contribution in [3.05, 3.63) is 0 Å².